The Balaban J connectivity index is 2.58. The molecule has 0 spiro atoms. The van der Waals surface area contributed by atoms with Gasteiger partial charge in [0.2, 0.25) is 0 Å². The second-order valence-electron chi connectivity index (χ2n) is 20.2. The van der Waals surface area contributed by atoms with E-state index in [-0.39, 0.29) is 18.0 Å². The van der Waals surface area contributed by atoms with Gasteiger partial charge in [0.05, 0.1) is 13.2 Å². The number of rotatable bonds is 46. The van der Waals surface area contributed by atoms with Gasteiger partial charge in [0.25, 0.3) is 0 Å². The minimum atomic E-state index is -0.763. The molecule has 8 heteroatoms. The molecule has 64 heavy (non-hydrogen) atoms. The summed E-state index contributed by atoms with van der Waals surface area (Å²) in [7, 11) is 0. The lowest BCUT2D eigenvalue weighted by atomic mass is 9.95. The van der Waals surface area contributed by atoms with Crippen molar-refractivity contribution >= 4 is 18.0 Å². The smallest absolute Gasteiger partial charge is 0.407 e. The molecule has 2 atom stereocenters. The SMILES string of the molecule is CCCCCCCCC(CCCCCC)COC(=O)CCCCCN(CCCCCC(=O)OCC(CCCCCC)CCCCCCCC)CCCCN(C(=O)O)C1CCCCCC1. The molecule has 0 aromatic rings. The third kappa shape index (κ3) is 36.3. The molecule has 1 N–H and O–H groups in total. The van der Waals surface area contributed by atoms with E-state index in [0.29, 0.717) is 44.4 Å². The van der Waals surface area contributed by atoms with Gasteiger partial charge in [0.15, 0.2) is 0 Å². The van der Waals surface area contributed by atoms with Gasteiger partial charge in [-0.2, -0.15) is 0 Å². The highest BCUT2D eigenvalue weighted by atomic mass is 16.5. The van der Waals surface area contributed by atoms with Crippen molar-refractivity contribution in [2.24, 2.45) is 11.8 Å². The first-order chi connectivity index (χ1) is 31.3. The summed E-state index contributed by atoms with van der Waals surface area (Å²) in [6, 6.07) is 0.170. The number of hydrogen-bond acceptors (Lipinski definition) is 6. The topological polar surface area (TPSA) is 96.4 Å². The monoisotopic (exact) mass is 905 g/mol. The van der Waals surface area contributed by atoms with Crippen LogP contribution in [0.4, 0.5) is 4.79 Å². The fourth-order valence-corrected chi connectivity index (χ4v) is 9.85. The number of amides is 1. The minimum absolute atomic E-state index is 0.0335. The van der Waals surface area contributed by atoms with E-state index in [2.05, 4.69) is 32.6 Å². The Bertz CT molecular complexity index is 990. The van der Waals surface area contributed by atoms with Gasteiger partial charge >= 0.3 is 18.0 Å². The van der Waals surface area contributed by atoms with Gasteiger partial charge in [-0.3, -0.25) is 9.59 Å². The molecule has 1 fully saturated rings. The predicted molar refractivity (Wildman–Crippen MR) is 271 cm³/mol. The third-order valence-corrected chi connectivity index (χ3v) is 14.2. The second-order valence-corrected chi connectivity index (χ2v) is 20.2. The summed E-state index contributed by atoms with van der Waals surface area (Å²) in [5, 5.41) is 10.0. The minimum Gasteiger partial charge on any atom is -0.465 e. The largest absolute Gasteiger partial charge is 0.465 e. The lowest BCUT2D eigenvalue weighted by Crippen LogP contribution is -2.40. The van der Waals surface area contributed by atoms with Gasteiger partial charge in [0, 0.05) is 25.4 Å². The molecule has 0 aromatic heterocycles. The third-order valence-electron chi connectivity index (χ3n) is 14.2. The molecule has 0 radical (unpaired) electrons. The van der Waals surface area contributed by atoms with Crippen molar-refractivity contribution in [3.8, 4) is 0 Å². The highest BCUT2D eigenvalue weighted by Crippen LogP contribution is 2.24. The van der Waals surface area contributed by atoms with Crippen molar-refractivity contribution in [1.82, 2.24) is 9.80 Å². The molecule has 1 saturated carbocycles. The van der Waals surface area contributed by atoms with Crippen molar-refractivity contribution in [2.75, 3.05) is 39.4 Å². The van der Waals surface area contributed by atoms with Crippen LogP contribution in [0.2, 0.25) is 0 Å². The average molecular weight is 905 g/mol. The van der Waals surface area contributed by atoms with Crippen molar-refractivity contribution < 1.29 is 29.0 Å². The number of ether oxygens (including phenoxy) is 2. The number of carboxylic acid groups (broad SMARTS) is 1. The maximum Gasteiger partial charge on any atom is 0.407 e. The first-order valence-corrected chi connectivity index (χ1v) is 28.4. The van der Waals surface area contributed by atoms with E-state index >= 15 is 0 Å². The summed E-state index contributed by atoms with van der Waals surface area (Å²) >= 11 is 0. The number of carbonyl (C=O) groups excluding carboxylic acids is 2. The van der Waals surface area contributed by atoms with E-state index in [4.69, 9.17) is 9.47 Å². The zero-order valence-corrected chi connectivity index (χ0v) is 43.1. The van der Waals surface area contributed by atoms with E-state index in [1.807, 2.05) is 0 Å². The number of carbonyl (C=O) groups is 3. The summed E-state index contributed by atoms with van der Waals surface area (Å²) in [4.78, 5) is 42.2. The van der Waals surface area contributed by atoms with Crippen molar-refractivity contribution in [3.63, 3.8) is 0 Å². The first kappa shape index (κ1) is 60.2. The van der Waals surface area contributed by atoms with Gasteiger partial charge < -0.3 is 24.4 Å². The Hall–Kier alpha value is -1.83. The zero-order valence-electron chi connectivity index (χ0n) is 43.1. The van der Waals surface area contributed by atoms with Gasteiger partial charge in [-0.15, -0.1) is 0 Å². The Morgan fingerprint density at radius 3 is 1.16 bits per heavy atom. The molecule has 2 unspecified atom stereocenters. The molecule has 1 rings (SSSR count). The average Bonchev–Trinajstić information content (AvgIpc) is 3.58. The first-order valence-electron chi connectivity index (χ1n) is 28.4. The van der Waals surface area contributed by atoms with Gasteiger partial charge in [-0.25, -0.2) is 4.79 Å². The molecule has 0 aliphatic heterocycles. The maximum absolute atomic E-state index is 12.8. The van der Waals surface area contributed by atoms with E-state index in [0.717, 1.165) is 96.7 Å². The molecule has 378 valence electrons. The van der Waals surface area contributed by atoms with Crippen LogP contribution >= 0.6 is 0 Å². The van der Waals surface area contributed by atoms with Gasteiger partial charge in [0.1, 0.15) is 0 Å². The summed E-state index contributed by atoms with van der Waals surface area (Å²) in [5.74, 6) is 0.930. The van der Waals surface area contributed by atoms with Crippen LogP contribution in [0.3, 0.4) is 0 Å². The fourth-order valence-electron chi connectivity index (χ4n) is 9.85. The van der Waals surface area contributed by atoms with E-state index in [1.165, 1.54) is 167 Å². The summed E-state index contributed by atoms with van der Waals surface area (Å²) < 4.78 is 11.8. The Morgan fingerprint density at radius 1 is 0.438 bits per heavy atom. The highest BCUT2D eigenvalue weighted by Gasteiger charge is 2.24. The molecular weight excluding hydrogens is 797 g/mol. The zero-order chi connectivity index (χ0) is 46.6. The van der Waals surface area contributed by atoms with Crippen molar-refractivity contribution in [1.29, 1.82) is 0 Å². The molecule has 0 aromatic carbocycles. The second kappa shape index (κ2) is 45.0. The fraction of sp³-hybridized carbons (Fsp3) is 0.946. The van der Waals surface area contributed by atoms with E-state index in [1.54, 1.807) is 4.90 Å². The lowest BCUT2D eigenvalue weighted by molar-refractivity contribution is -0.146. The molecule has 1 aliphatic rings. The maximum atomic E-state index is 12.8. The highest BCUT2D eigenvalue weighted by molar-refractivity contribution is 5.69. The molecule has 1 amide bonds. The summed E-state index contributed by atoms with van der Waals surface area (Å²) in [5.41, 5.74) is 0. The normalized spacial score (nSPS) is 14.4. The molecule has 0 heterocycles. The molecular formula is C56H108N2O6. The Labute approximate surface area is 397 Å². The van der Waals surface area contributed by atoms with Crippen LogP contribution in [0.25, 0.3) is 0 Å². The molecule has 0 saturated heterocycles. The molecule has 8 nitrogen and oxygen atoms in total. The molecule has 1 aliphatic carbocycles. The van der Waals surface area contributed by atoms with Crippen LogP contribution in [0.15, 0.2) is 0 Å². The quantitative estimate of drug-likeness (QED) is 0.0369. The van der Waals surface area contributed by atoms with Crippen molar-refractivity contribution in [3.05, 3.63) is 0 Å². The van der Waals surface area contributed by atoms with Gasteiger partial charge in [-0.05, 0) is 109 Å². The predicted octanol–water partition coefficient (Wildman–Crippen LogP) is 16.7. The van der Waals surface area contributed by atoms with Crippen molar-refractivity contribution in [2.45, 2.75) is 291 Å². The van der Waals surface area contributed by atoms with Crippen LogP contribution in [0, 0.1) is 11.8 Å². The van der Waals surface area contributed by atoms with Crippen LogP contribution in [0.5, 0.6) is 0 Å². The van der Waals surface area contributed by atoms with Crippen LogP contribution in [-0.2, 0) is 19.1 Å². The Kier molecular flexibility index (Phi) is 42.3. The summed E-state index contributed by atoms with van der Waals surface area (Å²) in [6.45, 7) is 13.8. The van der Waals surface area contributed by atoms with E-state index in [9.17, 15) is 19.5 Å². The van der Waals surface area contributed by atoms with Gasteiger partial charge in [-0.1, -0.05) is 195 Å². The number of nitrogens with zero attached hydrogens (tertiary/aromatic N) is 2. The molecule has 0 bridgehead atoms. The number of hydrogen-bond donors (Lipinski definition) is 1. The standard InChI is InChI=1S/C56H108N2O6/c1-5-9-13-17-19-27-39-51(37-25-15-11-7-3)49-63-54(59)43-31-23-33-45-57(47-35-36-48-58(56(61)62)53-41-29-21-22-30-42-53)46-34-24-32-44-55(60)64-50-52(38-26-16-12-8-4)40-28-20-18-14-10-6-2/h51-53H,5-50H2,1-4H3,(H,61,62). The lowest BCUT2D eigenvalue weighted by Gasteiger charge is -2.29. The van der Waals surface area contributed by atoms with Crippen LogP contribution in [0.1, 0.15) is 285 Å². The van der Waals surface area contributed by atoms with Crippen LogP contribution < -0.4 is 0 Å². The Morgan fingerprint density at radius 2 is 0.766 bits per heavy atom. The summed E-state index contributed by atoms with van der Waals surface area (Å²) in [6.07, 6.45) is 45.1. The van der Waals surface area contributed by atoms with E-state index < -0.39 is 6.09 Å². The van der Waals surface area contributed by atoms with Crippen LogP contribution in [-0.4, -0.2) is 78.4 Å². The number of unbranched alkanes of at least 4 members (excludes halogenated alkanes) is 21. The number of esters is 2.